The van der Waals surface area contributed by atoms with Gasteiger partial charge < -0.3 is 4.90 Å². The Morgan fingerprint density at radius 2 is 2.31 bits per heavy atom. The molecule has 0 aliphatic carbocycles. The zero-order valence-corrected chi connectivity index (χ0v) is 9.90. The van der Waals surface area contributed by atoms with Gasteiger partial charge in [-0.05, 0) is 44.7 Å². The zero-order valence-electron chi connectivity index (χ0n) is 9.90. The Morgan fingerprint density at radius 3 is 3.00 bits per heavy atom. The van der Waals surface area contributed by atoms with Gasteiger partial charge in [0.05, 0.1) is 5.56 Å². The molecule has 3 nitrogen and oxygen atoms in total. The van der Waals surface area contributed by atoms with E-state index in [1.165, 1.54) is 19.3 Å². The van der Waals surface area contributed by atoms with Crippen LogP contribution in [0.2, 0.25) is 0 Å². The van der Waals surface area contributed by atoms with Crippen LogP contribution < -0.4 is 4.90 Å². The number of nitriles is 1. The summed E-state index contributed by atoms with van der Waals surface area (Å²) in [6.07, 6.45) is 5.48. The predicted octanol–water partition coefficient (Wildman–Crippen LogP) is 2.64. The Morgan fingerprint density at radius 1 is 1.50 bits per heavy atom. The third kappa shape index (κ3) is 1.88. The van der Waals surface area contributed by atoms with Crippen LogP contribution in [-0.2, 0) is 0 Å². The van der Waals surface area contributed by atoms with Crippen LogP contribution in [0.3, 0.4) is 0 Å². The van der Waals surface area contributed by atoms with Crippen LogP contribution in [0.4, 0.5) is 5.82 Å². The van der Waals surface area contributed by atoms with Gasteiger partial charge in [0.1, 0.15) is 11.9 Å². The smallest absolute Gasteiger partial charge is 0.146 e. The predicted molar refractivity (Wildman–Crippen MR) is 64.3 cm³/mol. The lowest BCUT2D eigenvalue weighted by Crippen LogP contribution is -2.38. The Kier molecular flexibility index (Phi) is 3.09. The molecule has 2 heterocycles. The molecule has 1 aromatic rings. The zero-order chi connectivity index (χ0) is 11.5. The van der Waals surface area contributed by atoms with Crippen molar-refractivity contribution in [1.29, 1.82) is 5.26 Å². The quantitative estimate of drug-likeness (QED) is 0.723. The number of aromatic nitrogens is 1. The summed E-state index contributed by atoms with van der Waals surface area (Å²) >= 11 is 0. The molecule has 84 valence electrons. The first kappa shape index (κ1) is 10.9. The average molecular weight is 215 g/mol. The molecule has 16 heavy (non-hydrogen) atoms. The van der Waals surface area contributed by atoms with Gasteiger partial charge >= 0.3 is 0 Å². The SMILES string of the molecule is Cc1ccnc(N2CCCCC2C)c1C#N. The largest absolute Gasteiger partial charge is 0.353 e. The van der Waals surface area contributed by atoms with E-state index in [0.29, 0.717) is 6.04 Å². The van der Waals surface area contributed by atoms with Crippen molar-refractivity contribution in [2.24, 2.45) is 0 Å². The average Bonchev–Trinajstić information content (AvgIpc) is 2.29. The van der Waals surface area contributed by atoms with Gasteiger partial charge in [0, 0.05) is 18.8 Å². The normalized spacial score (nSPS) is 20.6. The van der Waals surface area contributed by atoms with E-state index in [-0.39, 0.29) is 0 Å². The molecule has 1 atom stereocenters. The molecular weight excluding hydrogens is 198 g/mol. The molecule has 1 aliphatic heterocycles. The van der Waals surface area contributed by atoms with Crippen LogP contribution >= 0.6 is 0 Å². The highest BCUT2D eigenvalue weighted by atomic mass is 15.2. The van der Waals surface area contributed by atoms with E-state index in [0.717, 1.165) is 23.5 Å². The third-order valence-corrected chi connectivity index (χ3v) is 3.33. The van der Waals surface area contributed by atoms with Gasteiger partial charge in [-0.3, -0.25) is 0 Å². The molecule has 1 saturated heterocycles. The van der Waals surface area contributed by atoms with Gasteiger partial charge in [0.2, 0.25) is 0 Å². The second kappa shape index (κ2) is 4.52. The van der Waals surface area contributed by atoms with Crippen LogP contribution in [0.5, 0.6) is 0 Å². The minimum atomic E-state index is 0.496. The number of anilines is 1. The molecule has 0 saturated carbocycles. The number of hydrogen-bond acceptors (Lipinski definition) is 3. The summed E-state index contributed by atoms with van der Waals surface area (Å²) < 4.78 is 0. The van der Waals surface area contributed by atoms with E-state index in [4.69, 9.17) is 0 Å². The summed E-state index contributed by atoms with van der Waals surface area (Å²) in [7, 11) is 0. The molecule has 0 aromatic carbocycles. The molecule has 1 aromatic heterocycles. The van der Waals surface area contributed by atoms with Crippen molar-refractivity contribution < 1.29 is 0 Å². The second-order valence-corrected chi connectivity index (χ2v) is 4.48. The summed E-state index contributed by atoms with van der Waals surface area (Å²) in [5, 5.41) is 9.20. The molecular formula is C13H17N3. The van der Waals surface area contributed by atoms with Crippen LogP contribution in [0.25, 0.3) is 0 Å². The highest BCUT2D eigenvalue weighted by Crippen LogP contribution is 2.26. The Bertz CT molecular complexity index is 420. The summed E-state index contributed by atoms with van der Waals surface area (Å²) in [5.74, 6) is 0.870. The van der Waals surface area contributed by atoms with Gasteiger partial charge in [-0.2, -0.15) is 5.26 Å². The minimum Gasteiger partial charge on any atom is -0.353 e. The molecule has 3 heteroatoms. The fourth-order valence-corrected chi connectivity index (χ4v) is 2.31. The van der Waals surface area contributed by atoms with E-state index in [9.17, 15) is 5.26 Å². The van der Waals surface area contributed by atoms with E-state index in [1.54, 1.807) is 6.20 Å². The maximum atomic E-state index is 9.20. The summed E-state index contributed by atoms with van der Waals surface area (Å²) in [5.41, 5.74) is 1.75. The molecule has 1 aliphatic rings. The van der Waals surface area contributed by atoms with E-state index < -0.39 is 0 Å². The lowest BCUT2D eigenvalue weighted by atomic mass is 10.0. The van der Waals surface area contributed by atoms with Crippen LogP contribution in [0.1, 0.15) is 37.3 Å². The van der Waals surface area contributed by atoms with E-state index >= 15 is 0 Å². The monoisotopic (exact) mass is 215 g/mol. The Labute approximate surface area is 96.7 Å². The van der Waals surface area contributed by atoms with Crippen molar-refractivity contribution in [3.8, 4) is 6.07 Å². The summed E-state index contributed by atoms with van der Waals surface area (Å²) in [4.78, 5) is 6.66. The molecule has 0 bridgehead atoms. The Hall–Kier alpha value is -1.56. The highest BCUT2D eigenvalue weighted by molar-refractivity contribution is 5.57. The summed E-state index contributed by atoms with van der Waals surface area (Å²) in [6, 6.07) is 4.67. The van der Waals surface area contributed by atoms with Crippen LogP contribution in [-0.4, -0.2) is 17.6 Å². The van der Waals surface area contributed by atoms with Crippen molar-refractivity contribution in [3.63, 3.8) is 0 Å². The topological polar surface area (TPSA) is 39.9 Å². The minimum absolute atomic E-state index is 0.496. The maximum absolute atomic E-state index is 9.20. The molecule has 0 amide bonds. The van der Waals surface area contributed by atoms with Gasteiger partial charge in [0.25, 0.3) is 0 Å². The van der Waals surface area contributed by atoms with Crippen molar-refractivity contribution in [2.75, 3.05) is 11.4 Å². The van der Waals surface area contributed by atoms with Gasteiger partial charge in [0.15, 0.2) is 0 Å². The summed E-state index contributed by atoms with van der Waals surface area (Å²) in [6.45, 7) is 5.20. The molecule has 0 radical (unpaired) electrons. The second-order valence-electron chi connectivity index (χ2n) is 4.48. The third-order valence-electron chi connectivity index (χ3n) is 3.33. The van der Waals surface area contributed by atoms with Gasteiger partial charge in [-0.15, -0.1) is 0 Å². The number of rotatable bonds is 1. The first-order valence-electron chi connectivity index (χ1n) is 5.86. The Balaban J connectivity index is 2.39. The molecule has 0 N–H and O–H groups in total. The fourth-order valence-electron chi connectivity index (χ4n) is 2.31. The first-order valence-corrected chi connectivity index (χ1v) is 5.86. The van der Waals surface area contributed by atoms with Crippen molar-refractivity contribution in [3.05, 3.63) is 23.4 Å². The highest BCUT2D eigenvalue weighted by Gasteiger charge is 2.22. The van der Waals surface area contributed by atoms with Crippen molar-refractivity contribution in [1.82, 2.24) is 4.98 Å². The van der Waals surface area contributed by atoms with E-state index in [1.807, 2.05) is 13.0 Å². The van der Waals surface area contributed by atoms with Gasteiger partial charge in [-0.1, -0.05) is 0 Å². The number of piperidine rings is 1. The van der Waals surface area contributed by atoms with Crippen molar-refractivity contribution in [2.45, 2.75) is 39.2 Å². The molecule has 1 fully saturated rings. The molecule has 0 spiro atoms. The number of hydrogen-bond donors (Lipinski definition) is 0. The number of nitrogens with zero attached hydrogens (tertiary/aromatic N) is 3. The van der Waals surface area contributed by atoms with E-state index in [2.05, 4.69) is 22.9 Å². The molecule has 1 unspecified atom stereocenters. The number of pyridine rings is 1. The lowest BCUT2D eigenvalue weighted by Gasteiger charge is -2.35. The number of aryl methyl sites for hydroxylation is 1. The van der Waals surface area contributed by atoms with Crippen LogP contribution in [0, 0.1) is 18.3 Å². The first-order chi connectivity index (χ1) is 7.74. The maximum Gasteiger partial charge on any atom is 0.146 e. The van der Waals surface area contributed by atoms with Crippen molar-refractivity contribution >= 4 is 5.82 Å². The lowest BCUT2D eigenvalue weighted by molar-refractivity contribution is 0.481. The fraction of sp³-hybridized carbons (Fsp3) is 0.538. The standard InChI is InChI=1S/C13H17N3/c1-10-6-7-15-13(12(10)9-14)16-8-4-3-5-11(16)2/h6-7,11H,3-5,8H2,1-2H3. The molecule has 2 rings (SSSR count). The van der Waals surface area contributed by atoms with Gasteiger partial charge in [-0.25, -0.2) is 4.98 Å². The van der Waals surface area contributed by atoms with Crippen LogP contribution in [0.15, 0.2) is 12.3 Å².